The zero-order valence-electron chi connectivity index (χ0n) is 13.4. The van der Waals surface area contributed by atoms with E-state index in [1.807, 2.05) is 13.0 Å². The number of rotatable bonds is 3. The number of methoxy groups -OCH3 is 1. The Morgan fingerprint density at radius 3 is 2.73 bits per heavy atom. The highest BCUT2D eigenvalue weighted by molar-refractivity contribution is 5.67. The van der Waals surface area contributed by atoms with Gasteiger partial charge in [0.05, 0.1) is 13.7 Å². The predicted molar refractivity (Wildman–Crippen MR) is 84.2 cm³/mol. The summed E-state index contributed by atoms with van der Waals surface area (Å²) < 4.78 is 10.4. The van der Waals surface area contributed by atoms with E-state index in [-0.39, 0.29) is 6.09 Å². The maximum absolute atomic E-state index is 11.8. The van der Waals surface area contributed by atoms with Crippen molar-refractivity contribution in [1.82, 2.24) is 9.80 Å². The molecule has 1 fully saturated rings. The standard InChI is InChI=1S/C17H24N2O3/c1-3-22-17(20)19-10-8-18(9-11-19)16-7-5-13-4-6-14(21-2)12-15(13)16/h4,6,12,16H,3,5,7-11H2,1-2H3. The van der Waals surface area contributed by atoms with Gasteiger partial charge < -0.3 is 14.4 Å². The third kappa shape index (κ3) is 2.90. The van der Waals surface area contributed by atoms with Crippen LogP contribution in [0.15, 0.2) is 18.2 Å². The van der Waals surface area contributed by atoms with E-state index >= 15 is 0 Å². The summed E-state index contributed by atoms with van der Waals surface area (Å²) in [7, 11) is 1.71. The highest BCUT2D eigenvalue weighted by atomic mass is 16.6. The van der Waals surface area contributed by atoms with Crippen molar-refractivity contribution in [3.8, 4) is 5.75 Å². The Bertz CT molecular complexity index is 539. The number of benzene rings is 1. The number of fused-ring (bicyclic) bond motifs is 1. The van der Waals surface area contributed by atoms with E-state index in [1.165, 1.54) is 11.1 Å². The van der Waals surface area contributed by atoms with Crippen molar-refractivity contribution in [2.45, 2.75) is 25.8 Å². The lowest BCUT2D eigenvalue weighted by Crippen LogP contribution is -2.49. The molecule has 1 aromatic carbocycles. The van der Waals surface area contributed by atoms with Crippen molar-refractivity contribution >= 4 is 6.09 Å². The van der Waals surface area contributed by atoms with Crippen LogP contribution in [0.3, 0.4) is 0 Å². The first-order valence-corrected chi connectivity index (χ1v) is 8.05. The van der Waals surface area contributed by atoms with Gasteiger partial charge in [-0.3, -0.25) is 4.90 Å². The lowest BCUT2D eigenvalue weighted by molar-refractivity contribution is 0.0659. The molecule has 1 heterocycles. The van der Waals surface area contributed by atoms with Crippen molar-refractivity contribution in [2.24, 2.45) is 0 Å². The summed E-state index contributed by atoms with van der Waals surface area (Å²) in [4.78, 5) is 16.1. The zero-order chi connectivity index (χ0) is 15.5. The van der Waals surface area contributed by atoms with Crippen LogP contribution < -0.4 is 4.74 Å². The smallest absolute Gasteiger partial charge is 0.409 e. The van der Waals surface area contributed by atoms with Gasteiger partial charge in [0.15, 0.2) is 0 Å². The molecule has 1 amide bonds. The minimum atomic E-state index is -0.185. The number of nitrogens with zero attached hydrogens (tertiary/aromatic N) is 2. The van der Waals surface area contributed by atoms with Gasteiger partial charge in [-0.2, -0.15) is 0 Å². The number of aryl methyl sites for hydroxylation is 1. The van der Waals surface area contributed by atoms with Crippen LogP contribution in [0.1, 0.15) is 30.5 Å². The van der Waals surface area contributed by atoms with Gasteiger partial charge in [0.1, 0.15) is 5.75 Å². The number of ether oxygens (including phenoxy) is 2. The van der Waals surface area contributed by atoms with Crippen LogP contribution in [0.4, 0.5) is 4.79 Å². The molecule has 1 aliphatic carbocycles. The van der Waals surface area contributed by atoms with E-state index in [1.54, 1.807) is 12.0 Å². The number of carbonyl (C=O) groups excluding carboxylic acids is 1. The Labute approximate surface area is 131 Å². The van der Waals surface area contributed by atoms with Gasteiger partial charge in [0.2, 0.25) is 0 Å². The molecule has 0 aromatic heterocycles. The maximum Gasteiger partial charge on any atom is 0.409 e. The van der Waals surface area contributed by atoms with Gasteiger partial charge in [0, 0.05) is 32.2 Å². The SMILES string of the molecule is CCOC(=O)N1CCN(C2CCc3ccc(OC)cc32)CC1. The van der Waals surface area contributed by atoms with E-state index in [0.29, 0.717) is 12.6 Å². The van der Waals surface area contributed by atoms with Crippen molar-refractivity contribution in [1.29, 1.82) is 0 Å². The molecule has 1 atom stereocenters. The Balaban J connectivity index is 1.65. The molecule has 5 heteroatoms. The predicted octanol–water partition coefficient (Wildman–Crippen LogP) is 2.46. The van der Waals surface area contributed by atoms with E-state index < -0.39 is 0 Å². The fourth-order valence-corrected chi connectivity index (χ4v) is 3.50. The molecule has 22 heavy (non-hydrogen) atoms. The molecule has 2 aliphatic rings. The normalized spacial score (nSPS) is 21.5. The summed E-state index contributed by atoms with van der Waals surface area (Å²) in [6.07, 6.45) is 2.10. The van der Waals surface area contributed by atoms with Crippen molar-refractivity contribution in [3.05, 3.63) is 29.3 Å². The van der Waals surface area contributed by atoms with E-state index in [0.717, 1.165) is 44.8 Å². The molecule has 0 spiro atoms. The quantitative estimate of drug-likeness (QED) is 0.860. The van der Waals surface area contributed by atoms with Crippen LogP contribution in [-0.2, 0) is 11.2 Å². The second kappa shape index (κ2) is 6.57. The van der Waals surface area contributed by atoms with Gasteiger partial charge in [-0.25, -0.2) is 4.79 Å². The highest BCUT2D eigenvalue weighted by Gasteiger charge is 2.31. The molecule has 0 saturated carbocycles. The summed E-state index contributed by atoms with van der Waals surface area (Å²) >= 11 is 0. The number of carbonyl (C=O) groups is 1. The van der Waals surface area contributed by atoms with Crippen molar-refractivity contribution in [3.63, 3.8) is 0 Å². The van der Waals surface area contributed by atoms with Gasteiger partial charge in [-0.05, 0) is 43.0 Å². The fourth-order valence-electron chi connectivity index (χ4n) is 3.50. The van der Waals surface area contributed by atoms with Crippen LogP contribution in [0.2, 0.25) is 0 Å². The van der Waals surface area contributed by atoms with Crippen LogP contribution in [-0.4, -0.2) is 55.8 Å². The molecule has 0 bridgehead atoms. The largest absolute Gasteiger partial charge is 0.497 e. The molecule has 1 aromatic rings. The average molecular weight is 304 g/mol. The van der Waals surface area contributed by atoms with E-state index in [4.69, 9.17) is 9.47 Å². The highest BCUT2D eigenvalue weighted by Crippen LogP contribution is 2.38. The van der Waals surface area contributed by atoms with Gasteiger partial charge in [-0.1, -0.05) is 6.07 Å². The third-order valence-electron chi connectivity index (χ3n) is 4.68. The second-order valence-corrected chi connectivity index (χ2v) is 5.84. The van der Waals surface area contributed by atoms with Gasteiger partial charge in [-0.15, -0.1) is 0 Å². The molecule has 0 N–H and O–H groups in total. The molecule has 1 saturated heterocycles. The Kier molecular flexibility index (Phi) is 4.52. The van der Waals surface area contributed by atoms with Crippen LogP contribution in [0.5, 0.6) is 5.75 Å². The number of amides is 1. The lowest BCUT2D eigenvalue weighted by atomic mass is 10.1. The molecule has 3 rings (SSSR count). The van der Waals surface area contributed by atoms with Gasteiger partial charge >= 0.3 is 6.09 Å². The van der Waals surface area contributed by atoms with Crippen LogP contribution >= 0.6 is 0 Å². The summed E-state index contributed by atoms with van der Waals surface area (Å²) in [5.74, 6) is 0.927. The second-order valence-electron chi connectivity index (χ2n) is 5.84. The monoisotopic (exact) mass is 304 g/mol. The molecule has 0 radical (unpaired) electrons. The fraction of sp³-hybridized carbons (Fsp3) is 0.588. The summed E-state index contributed by atoms with van der Waals surface area (Å²) in [6.45, 7) is 5.58. The first-order chi connectivity index (χ1) is 10.7. The van der Waals surface area contributed by atoms with E-state index in [2.05, 4.69) is 17.0 Å². The minimum Gasteiger partial charge on any atom is -0.497 e. The van der Waals surface area contributed by atoms with Crippen LogP contribution in [0, 0.1) is 0 Å². The lowest BCUT2D eigenvalue weighted by Gasteiger charge is -2.37. The molecular formula is C17H24N2O3. The molecule has 1 unspecified atom stereocenters. The molecule has 1 aliphatic heterocycles. The number of hydrogen-bond acceptors (Lipinski definition) is 4. The van der Waals surface area contributed by atoms with Crippen molar-refractivity contribution in [2.75, 3.05) is 39.9 Å². The summed E-state index contributed by atoms with van der Waals surface area (Å²) in [5, 5.41) is 0. The minimum absolute atomic E-state index is 0.185. The first-order valence-electron chi connectivity index (χ1n) is 8.05. The molecule has 5 nitrogen and oxygen atoms in total. The van der Waals surface area contributed by atoms with E-state index in [9.17, 15) is 4.79 Å². The van der Waals surface area contributed by atoms with Crippen molar-refractivity contribution < 1.29 is 14.3 Å². The third-order valence-corrected chi connectivity index (χ3v) is 4.68. The summed E-state index contributed by atoms with van der Waals surface area (Å²) in [6, 6.07) is 6.85. The maximum atomic E-state index is 11.8. The Morgan fingerprint density at radius 2 is 2.05 bits per heavy atom. The van der Waals surface area contributed by atoms with Crippen LogP contribution in [0.25, 0.3) is 0 Å². The first kappa shape index (κ1) is 15.2. The average Bonchev–Trinajstić information content (AvgIpc) is 2.98. The zero-order valence-corrected chi connectivity index (χ0v) is 13.4. The number of hydrogen-bond donors (Lipinski definition) is 0. The molecule has 120 valence electrons. The Hall–Kier alpha value is -1.75. The summed E-state index contributed by atoms with van der Waals surface area (Å²) in [5.41, 5.74) is 2.82. The van der Waals surface area contributed by atoms with Gasteiger partial charge in [0.25, 0.3) is 0 Å². The topological polar surface area (TPSA) is 42.0 Å². The number of piperazine rings is 1. The Morgan fingerprint density at radius 1 is 1.27 bits per heavy atom. The molecular weight excluding hydrogens is 280 g/mol.